The number of furan rings is 1. The van der Waals surface area contributed by atoms with Gasteiger partial charge in [-0.05, 0) is 29.8 Å². The van der Waals surface area contributed by atoms with Crippen LogP contribution in [0.4, 0.5) is 10.5 Å². The number of imide groups is 1. The van der Waals surface area contributed by atoms with Crippen molar-refractivity contribution in [1.82, 2.24) is 10.2 Å². The summed E-state index contributed by atoms with van der Waals surface area (Å²) in [4.78, 5) is 58.9. The van der Waals surface area contributed by atoms with Gasteiger partial charge < -0.3 is 19.2 Å². The Kier molecular flexibility index (Phi) is 6.25. The number of benzene rings is 1. The number of hydrogen-bond donors (Lipinski definition) is 1. The van der Waals surface area contributed by atoms with Crippen LogP contribution in [-0.4, -0.2) is 40.8 Å². The summed E-state index contributed by atoms with van der Waals surface area (Å²) in [7, 11) is 1.18. The van der Waals surface area contributed by atoms with Crippen molar-refractivity contribution in [1.29, 1.82) is 0 Å². The number of halogens is 1. The van der Waals surface area contributed by atoms with Gasteiger partial charge in [0.1, 0.15) is 11.5 Å². The summed E-state index contributed by atoms with van der Waals surface area (Å²) >= 11 is 6.01. The lowest BCUT2D eigenvalue weighted by Crippen LogP contribution is -2.30. The fourth-order valence-corrected chi connectivity index (χ4v) is 3.04. The Balaban J connectivity index is 1.87. The summed E-state index contributed by atoms with van der Waals surface area (Å²) in [6, 6.07) is 4.24. The highest BCUT2D eigenvalue weighted by Crippen LogP contribution is 2.37. The number of carbonyl (C=O) groups excluding carboxylic acids is 4. The number of ether oxygens (including phenoxy) is 2. The Morgan fingerprint density at radius 3 is 2.66 bits per heavy atom. The number of amides is 3. The molecule has 1 aromatic carbocycles. The monoisotopic (exact) mass is 463 g/mol. The van der Waals surface area contributed by atoms with E-state index < -0.39 is 40.2 Å². The molecule has 3 amide bonds. The van der Waals surface area contributed by atoms with E-state index in [0.29, 0.717) is 0 Å². The number of rotatable bonds is 6. The molecule has 0 saturated carbocycles. The zero-order chi connectivity index (χ0) is 23.6. The summed E-state index contributed by atoms with van der Waals surface area (Å²) < 4.78 is 14.6. The van der Waals surface area contributed by atoms with E-state index in [2.05, 4.69) is 10.1 Å². The molecule has 166 valence electrons. The first kappa shape index (κ1) is 22.5. The summed E-state index contributed by atoms with van der Waals surface area (Å²) in [5, 5.41) is 13.4. The van der Waals surface area contributed by atoms with Crippen LogP contribution in [0.25, 0.3) is 6.08 Å². The molecule has 0 unspecified atom stereocenters. The highest BCUT2D eigenvalue weighted by atomic mass is 35.5. The number of urea groups is 1. The second-order valence-corrected chi connectivity index (χ2v) is 6.75. The maximum absolute atomic E-state index is 12.6. The van der Waals surface area contributed by atoms with Crippen molar-refractivity contribution < 1.29 is 38.0 Å². The molecule has 1 aliphatic rings. The predicted molar refractivity (Wildman–Crippen MR) is 107 cm³/mol. The van der Waals surface area contributed by atoms with Gasteiger partial charge in [0.25, 0.3) is 5.91 Å². The van der Waals surface area contributed by atoms with Crippen LogP contribution in [-0.2, 0) is 20.9 Å². The van der Waals surface area contributed by atoms with Crippen LogP contribution in [0.3, 0.4) is 0 Å². The van der Waals surface area contributed by atoms with Crippen molar-refractivity contribution in [2.24, 2.45) is 0 Å². The Morgan fingerprint density at radius 1 is 1.31 bits per heavy atom. The summed E-state index contributed by atoms with van der Waals surface area (Å²) in [5.74, 6) is -2.64. The molecule has 1 saturated heterocycles. The van der Waals surface area contributed by atoms with Crippen LogP contribution in [0.5, 0.6) is 5.75 Å². The van der Waals surface area contributed by atoms with E-state index in [-0.39, 0.29) is 34.3 Å². The van der Waals surface area contributed by atoms with E-state index >= 15 is 0 Å². The van der Waals surface area contributed by atoms with E-state index in [1.165, 1.54) is 31.4 Å². The van der Waals surface area contributed by atoms with Crippen LogP contribution < -0.4 is 10.1 Å². The van der Waals surface area contributed by atoms with E-state index in [1.807, 2.05) is 0 Å². The lowest BCUT2D eigenvalue weighted by atomic mass is 10.1. The minimum Gasteiger partial charge on any atom is -0.463 e. The fraction of sp³-hybridized carbons (Fsp3) is 0.158. The minimum absolute atomic E-state index is 0.0971. The zero-order valence-electron chi connectivity index (χ0n) is 16.5. The highest BCUT2D eigenvalue weighted by Gasteiger charge is 2.34. The van der Waals surface area contributed by atoms with Crippen molar-refractivity contribution in [3.63, 3.8) is 0 Å². The van der Waals surface area contributed by atoms with Crippen molar-refractivity contribution in [2.75, 3.05) is 7.11 Å². The number of nitro benzene ring substituents is 1. The molecule has 0 atom stereocenters. The molecule has 1 aromatic heterocycles. The van der Waals surface area contributed by atoms with Gasteiger partial charge in [-0.2, -0.15) is 0 Å². The molecular weight excluding hydrogens is 450 g/mol. The van der Waals surface area contributed by atoms with Crippen LogP contribution in [0.1, 0.15) is 28.8 Å². The van der Waals surface area contributed by atoms with Gasteiger partial charge in [-0.1, -0.05) is 11.6 Å². The maximum atomic E-state index is 12.6. The predicted octanol–water partition coefficient (Wildman–Crippen LogP) is 2.65. The highest BCUT2D eigenvalue weighted by molar-refractivity contribution is 6.32. The summed E-state index contributed by atoms with van der Waals surface area (Å²) in [6.45, 7) is 0.787. The number of nitrogens with one attached hydrogen (secondary N) is 1. The molecule has 1 aliphatic heterocycles. The van der Waals surface area contributed by atoms with Gasteiger partial charge >= 0.3 is 23.7 Å². The van der Waals surface area contributed by atoms with Crippen LogP contribution in [0, 0.1) is 10.1 Å². The molecule has 12 nitrogen and oxygen atoms in total. The van der Waals surface area contributed by atoms with Gasteiger partial charge in [0.2, 0.25) is 11.5 Å². The molecule has 2 heterocycles. The number of hydrogen-bond acceptors (Lipinski definition) is 9. The largest absolute Gasteiger partial charge is 0.463 e. The normalized spacial score (nSPS) is 14.5. The van der Waals surface area contributed by atoms with Crippen LogP contribution in [0.15, 0.2) is 34.4 Å². The number of nitrogens with zero attached hydrogens (tertiary/aromatic N) is 2. The Hall–Kier alpha value is -4.19. The molecule has 3 rings (SSSR count). The molecule has 13 heteroatoms. The second kappa shape index (κ2) is 8.89. The second-order valence-electron chi connectivity index (χ2n) is 6.34. The first-order valence-electron chi connectivity index (χ1n) is 8.78. The maximum Gasteiger partial charge on any atom is 0.373 e. The Labute approximate surface area is 184 Å². The van der Waals surface area contributed by atoms with Gasteiger partial charge in [0, 0.05) is 13.0 Å². The third-order valence-corrected chi connectivity index (χ3v) is 4.41. The molecule has 0 spiro atoms. The lowest BCUT2D eigenvalue weighted by Gasteiger charge is -2.09. The van der Waals surface area contributed by atoms with Crippen molar-refractivity contribution in [3.05, 3.63) is 62.2 Å². The van der Waals surface area contributed by atoms with Crippen LogP contribution >= 0.6 is 11.6 Å². The standard InChI is InChI=1S/C19H14ClN3O9/c1-9(24)31-16-12(20)5-10(7-14(16)23(28)29)6-13-17(25)22(19(27)21-13)8-11-3-4-15(32-11)18(26)30-2/h3-7H,8H2,1-2H3,(H,21,27). The average molecular weight is 464 g/mol. The van der Waals surface area contributed by atoms with E-state index in [0.717, 1.165) is 17.9 Å². The molecule has 0 bridgehead atoms. The Morgan fingerprint density at radius 2 is 2.03 bits per heavy atom. The lowest BCUT2D eigenvalue weighted by molar-refractivity contribution is -0.385. The SMILES string of the molecule is COC(=O)c1ccc(CN2C(=O)NC(=Cc3cc(Cl)c(OC(C)=O)c([N+](=O)[O-])c3)C2=O)o1. The number of nitro groups is 1. The van der Waals surface area contributed by atoms with Gasteiger partial charge in [-0.15, -0.1) is 0 Å². The number of esters is 2. The summed E-state index contributed by atoms with van der Waals surface area (Å²) in [5.41, 5.74) is -0.673. The van der Waals surface area contributed by atoms with Crippen molar-refractivity contribution in [3.8, 4) is 5.75 Å². The molecule has 32 heavy (non-hydrogen) atoms. The minimum atomic E-state index is -0.803. The number of carbonyl (C=O) groups is 4. The Bertz CT molecular complexity index is 1180. The third-order valence-electron chi connectivity index (χ3n) is 4.12. The third kappa shape index (κ3) is 4.59. The molecule has 0 radical (unpaired) electrons. The van der Waals surface area contributed by atoms with Crippen molar-refractivity contribution >= 4 is 47.2 Å². The fourth-order valence-electron chi connectivity index (χ4n) is 2.77. The van der Waals surface area contributed by atoms with Crippen molar-refractivity contribution in [2.45, 2.75) is 13.5 Å². The quantitative estimate of drug-likeness (QED) is 0.170. The molecule has 1 fully saturated rings. The average Bonchev–Trinajstić information content (AvgIpc) is 3.29. The molecular formula is C19H14ClN3O9. The molecule has 2 aromatic rings. The van der Waals surface area contributed by atoms with Gasteiger partial charge in [0.05, 0.1) is 23.6 Å². The zero-order valence-corrected chi connectivity index (χ0v) is 17.3. The molecule has 0 aliphatic carbocycles. The molecule has 1 N–H and O–H groups in total. The van der Waals surface area contributed by atoms with Gasteiger partial charge in [-0.25, -0.2) is 9.59 Å². The van der Waals surface area contributed by atoms with E-state index in [1.54, 1.807) is 0 Å². The first-order chi connectivity index (χ1) is 15.1. The van der Waals surface area contributed by atoms with Gasteiger partial charge in [-0.3, -0.25) is 24.6 Å². The summed E-state index contributed by atoms with van der Waals surface area (Å²) in [6.07, 6.45) is 1.18. The number of methoxy groups -OCH3 is 1. The smallest absolute Gasteiger partial charge is 0.373 e. The van der Waals surface area contributed by atoms with E-state index in [4.69, 9.17) is 20.8 Å². The first-order valence-corrected chi connectivity index (χ1v) is 9.16. The van der Waals surface area contributed by atoms with E-state index in [9.17, 15) is 29.3 Å². The van der Waals surface area contributed by atoms with Gasteiger partial charge in [0.15, 0.2) is 0 Å². The van der Waals surface area contributed by atoms with Crippen LogP contribution in [0.2, 0.25) is 5.02 Å². The topological polar surface area (TPSA) is 158 Å².